The Balaban J connectivity index is 1.47. The Labute approximate surface area is 211 Å². The van der Waals surface area contributed by atoms with Crippen molar-refractivity contribution in [2.75, 3.05) is 11.9 Å². The highest BCUT2D eigenvalue weighted by Gasteiger charge is 2.38. The normalized spacial score (nSPS) is 24.1. The fraction of sp³-hybridized carbons (Fsp3) is 0.393. The first-order valence-electron chi connectivity index (χ1n) is 11.8. The summed E-state index contributed by atoms with van der Waals surface area (Å²) in [5.74, 6) is 0.577. The van der Waals surface area contributed by atoms with E-state index in [0.29, 0.717) is 5.92 Å². The maximum absolute atomic E-state index is 6.34. The van der Waals surface area contributed by atoms with Gasteiger partial charge in [-0.1, -0.05) is 61.9 Å². The molecule has 2 nitrogen and oxygen atoms in total. The number of fused-ring (bicyclic) bond motifs is 2. The lowest BCUT2D eigenvalue weighted by atomic mass is 9.83. The van der Waals surface area contributed by atoms with E-state index in [9.17, 15) is 0 Å². The quantitative estimate of drug-likeness (QED) is 0.423. The minimum Gasteiger partial charge on any atom is -0.347 e. The lowest BCUT2D eigenvalue weighted by molar-refractivity contribution is 0.640. The average molecular weight is 495 g/mol. The average Bonchev–Trinajstić information content (AvgIpc) is 3.26. The van der Waals surface area contributed by atoms with Gasteiger partial charge in [0.2, 0.25) is 0 Å². The number of thiazole rings is 1. The van der Waals surface area contributed by atoms with Crippen molar-refractivity contribution in [2.45, 2.75) is 69.1 Å². The van der Waals surface area contributed by atoms with E-state index in [1.165, 1.54) is 60.8 Å². The minimum absolute atomic E-state index is 0.0798. The molecule has 1 aromatic heterocycles. The Morgan fingerprint density at radius 2 is 2.06 bits per heavy atom. The molecule has 172 valence electrons. The van der Waals surface area contributed by atoms with Gasteiger partial charge >= 0.3 is 0 Å². The molecule has 0 spiro atoms. The highest BCUT2D eigenvalue weighted by molar-refractivity contribution is 8.04. The SMILES string of the molecule is CC1=C(Sc2nc3c(s2)C(C)CC=C3)/C(=C/C=C2/N(C)c3ccc(Cl)cc3C2(C)C)CCC1. The van der Waals surface area contributed by atoms with Crippen molar-refractivity contribution in [3.05, 3.63) is 79.3 Å². The highest BCUT2D eigenvalue weighted by Crippen LogP contribution is 2.49. The fourth-order valence-electron chi connectivity index (χ4n) is 5.26. The van der Waals surface area contributed by atoms with Crippen LogP contribution in [-0.2, 0) is 5.41 Å². The van der Waals surface area contributed by atoms with Crippen LogP contribution in [0.5, 0.6) is 0 Å². The number of hydrogen-bond acceptors (Lipinski definition) is 4. The smallest absolute Gasteiger partial charge is 0.155 e. The summed E-state index contributed by atoms with van der Waals surface area (Å²) < 4.78 is 1.17. The zero-order chi connectivity index (χ0) is 23.3. The molecule has 5 heteroatoms. The third-order valence-electron chi connectivity index (χ3n) is 7.18. The summed E-state index contributed by atoms with van der Waals surface area (Å²) in [7, 11) is 2.16. The number of hydrogen-bond donors (Lipinski definition) is 0. The standard InChI is InChI=1S/C28H31ClN2S2/c1-17-8-6-10-19(25(17)32-27-30-22-11-7-9-18(2)26(22)33-27)12-15-24-28(3,4)21-16-20(29)13-14-23(21)31(24)5/h7,11-16,18H,6,8-10H2,1-5H3/b19-12+,24-15+. The molecular weight excluding hydrogens is 464 g/mol. The van der Waals surface area contributed by atoms with E-state index in [0.717, 1.165) is 17.9 Å². The van der Waals surface area contributed by atoms with Crippen LogP contribution in [0.4, 0.5) is 5.69 Å². The van der Waals surface area contributed by atoms with Gasteiger partial charge in [0.15, 0.2) is 4.34 Å². The van der Waals surface area contributed by atoms with Gasteiger partial charge in [-0.2, -0.15) is 0 Å². The van der Waals surface area contributed by atoms with Gasteiger partial charge < -0.3 is 4.90 Å². The van der Waals surface area contributed by atoms with E-state index < -0.39 is 0 Å². The highest BCUT2D eigenvalue weighted by atomic mass is 35.5. The topological polar surface area (TPSA) is 16.1 Å². The first-order valence-corrected chi connectivity index (χ1v) is 13.8. The molecule has 1 aromatic carbocycles. The van der Waals surface area contributed by atoms with Gasteiger partial charge in [-0.3, -0.25) is 0 Å². The van der Waals surface area contributed by atoms with Crippen LogP contribution >= 0.6 is 34.7 Å². The van der Waals surface area contributed by atoms with Gasteiger partial charge in [0.25, 0.3) is 0 Å². The molecular formula is C28H31ClN2S2. The van der Waals surface area contributed by atoms with Crippen molar-refractivity contribution in [1.82, 2.24) is 4.98 Å². The number of halogens is 1. The summed E-state index contributed by atoms with van der Waals surface area (Å²) in [5.41, 5.74) is 7.87. The maximum Gasteiger partial charge on any atom is 0.155 e. The van der Waals surface area contributed by atoms with Gasteiger partial charge in [0.1, 0.15) is 0 Å². The molecule has 1 atom stereocenters. The molecule has 0 N–H and O–H groups in total. The lowest BCUT2D eigenvalue weighted by Gasteiger charge is -2.24. The second kappa shape index (κ2) is 8.79. The molecule has 0 radical (unpaired) electrons. The summed E-state index contributed by atoms with van der Waals surface area (Å²) in [4.78, 5) is 10.1. The monoisotopic (exact) mass is 494 g/mol. The second-order valence-corrected chi connectivity index (χ2v) is 12.6. The molecule has 5 rings (SSSR count). The molecule has 2 heterocycles. The number of benzene rings is 1. The lowest BCUT2D eigenvalue weighted by Crippen LogP contribution is -2.22. The van der Waals surface area contributed by atoms with Crippen LogP contribution < -0.4 is 4.90 Å². The molecule has 1 unspecified atom stereocenters. The van der Waals surface area contributed by atoms with E-state index in [4.69, 9.17) is 16.6 Å². The molecule has 2 aromatic rings. The Hall–Kier alpha value is -1.75. The Morgan fingerprint density at radius 3 is 2.85 bits per heavy atom. The Bertz CT molecular complexity index is 1230. The van der Waals surface area contributed by atoms with Crippen LogP contribution in [0.3, 0.4) is 0 Å². The summed E-state index contributed by atoms with van der Waals surface area (Å²) in [6.07, 6.45) is 13.8. The third kappa shape index (κ3) is 4.15. The van der Waals surface area contributed by atoms with Gasteiger partial charge in [-0.15, -0.1) is 11.3 Å². The first kappa shape index (κ1) is 23.0. The van der Waals surface area contributed by atoms with Crippen LogP contribution in [0.25, 0.3) is 6.08 Å². The molecule has 1 aliphatic heterocycles. The summed E-state index contributed by atoms with van der Waals surface area (Å²) in [5, 5.41) is 0.801. The predicted octanol–water partition coefficient (Wildman–Crippen LogP) is 9.10. The van der Waals surface area contributed by atoms with Crippen molar-refractivity contribution in [2.24, 2.45) is 0 Å². The van der Waals surface area contributed by atoms with Crippen molar-refractivity contribution in [1.29, 1.82) is 0 Å². The molecule has 33 heavy (non-hydrogen) atoms. The van der Waals surface area contributed by atoms with Crippen LogP contribution in [0.2, 0.25) is 5.02 Å². The number of likely N-dealkylation sites (N-methyl/N-ethyl adjacent to an activating group) is 1. The van der Waals surface area contributed by atoms with Crippen LogP contribution in [0.15, 0.2) is 62.5 Å². The van der Waals surface area contributed by atoms with Crippen molar-refractivity contribution in [3.63, 3.8) is 0 Å². The molecule has 0 bridgehead atoms. The molecule has 2 aliphatic carbocycles. The molecule has 0 amide bonds. The largest absolute Gasteiger partial charge is 0.347 e. The van der Waals surface area contributed by atoms with Gasteiger partial charge in [-0.05, 0) is 80.0 Å². The van der Waals surface area contributed by atoms with Crippen molar-refractivity contribution in [3.8, 4) is 0 Å². The van der Waals surface area contributed by atoms with Crippen LogP contribution in [0.1, 0.15) is 75.4 Å². The number of rotatable bonds is 3. The summed E-state index contributed by atoms with van der Waals surface area (Å²) >= 11 is 10.1. The fourth-order valence-corrected chi connectivity index (χ4v) is 7.86. The van der Waals surface area contributed by atoms with E-state index in [1.54, 1.807) is 0 Å². The van der Waals surface area contributed by atoms with E-state index in [2.05, 4.69) is 76.1 Å². The van der Waals surface area contributed by atoms with Gasteiger partial charge in [-0.25, -0.2) is 4.98 Å². The number of anilines is 1. The van der Waals surface area contributed by atoms with Gasteiger partial charge in [0.05, 0.1) is 5.69 Å². The molecule has 0 fully saturated rings. The first-order chi connectivity index (χ1) is 15.8. The molecule has 3 aliphatic rings. The zero-order valence-corrected chi connectivity index (χ0v) is 22.4. The molecule has 0 saturated heterocycles. The zero-order valence-electron chi connectivity index (χ0n) is 20.0. The van der Waals surface area contributed by atoms with E-state index in [-0.39, 0.29) is 5.41 Å². The van der Waals surface area contributed by atoms with Gasteiger partial charge in [0, 0.05) is 38.7 Å². The van der Waals surface area contributed by atoms with E-state index in [1.807, 2.05) is 29.2 Å². The Kier molecular flexibility index (Phi) is 6.13. The van der Waals surface area contributed by atoms with Crippen molar-refractivity contribution < 1.29 is 0 Å². The third-order valence-corrected chi connectivity index (χ3v) is 10.1. The number of allylic oxidation sites excluding steroid dienone is 6. The van der Waals surface area contributed by atoms with Crippen LogP contribution in [0, 0.1) is 0 Å². The molecule has 0 saturated carbocycles. The van der Waals surface area contributed by atoms with Crippen molar-refractivity contribution >= 4 is 46.5 Å². The summed E-state index contributed by atoms with van der Waals surface area (Å²) in [6.45, 7) is 9.19. The van der Waals surface area contributed by atoms with Crippen LogP contribution in [-0.4, -0.2) is 12.0 Å². The number of thioether (sulfide) groups is 1. The minimum atomic E-state index is -0.0798. The van der Waals surface area contributed by atoms with E-state index >= 15 is 0 Å². The summed E-state index contributed by atoms with van der Waals surface area (Å²) in [6, 6.07) is 6.24. The predicted molar refractivity (Wildman–Crippen MR) is 146 cm³/mol. The number of nitrogens with zero attached hydrogens (tertiary/aromatic N) is 2. The number of aromatic nitrogens is 1. The second-order valence-electron chi connectivity index (χ2n) is 9.92. The maximum atomic E-state index is 6.34. The Morgan fingerprint density at radius 1 is 1.24 bits per heavy atom.